The minimum atomic E-state index is -0.226. The molecule has 0 aromatic heterocycles. The van der Waals surface area contributed by atoms with E-state index in [1.54, 1.807) is 9.80 Å². The molecule has 4 nitrogen and oxygen atoms in total. The Morgan fingerprint density at radius 2 is 1.88 bits per heavy atom. The SMILES string of the molecule is O=C1C2CCCN2C(=O)CN1c1ccccc1. The van der Waals surface area contributed by atoms with Crippen molar-refractivity contribution in [1.29, 1.82) is 0 Å². The molecule has 0 spiro atoms. The van der Waals surface area contributed by atoms with Crippen LogP contribution in [0, 0.1) is 0 Å². The topological polar surface area (TPSA) is 40.6 Å². The van der Waals surface area contributed by atoms with Crippen LogP contribution in [0.15, 0.2) is 30.3 Å². The third kappa shape index (κ3) is 1.60. The molecule has 0 N–H and O–H groups in total. The summed E-state index contributed by atoms with van der Waals surface area (Å²) >= 11 is 0. The van der Waals surface area contributed by atoms with Crippen LogP contribution in [0.3, 0.4) is 0 Å². The lowest BCUT2D eigenvalue weighted by atomic mass is 10.1. The van der Waals surface area contributed by atoms with E-state index < -0.39 is 0 Å². The summed E-state index contributed by atoms with van der Waals surface area (Å²) in [7, 11) is 0. The van der Waals surface area contributed by atoms with E-state index in [4.69, 9.17) is 0 Å². The van der Waals surface area contributed by atoms with Gasteiger partial charge in [-0.15, -0.1) is 0 Å². The zero-order valence-electron chi connectivity index (χ0n) is 9.50. The molecule has 2 aliphatic rings. The van der Waals surface area contributed by atoms with Crippen molar-refractivity contribution in [3.63, 3.8) is 0 Å². The number of carbonyl (C=O) groups is 2. The molecule has 2 amide bonds. The van der Waals surface area contributed by atoms with Crippen LogP contribution in [-0.4, -0.2) is 35.8 Å². The molecule has 4 heteroatoms. The second-order valence-corrected chi connectivity index (χ2v) is 4.51. The van der Waals surface area contributed by atoms with Gasteiger partial charge in [0.2, 0.25) is 11.8 Å². The van der Waals surface area contributed by atoms with Crippen LogP contribution in [0.5, 0.6) is 0 Å². The van der Waals surface area contributed by atoms with Crippen molar-refractivity contribution < 1.29 is 9.59 Å². The minimum absolute atomic E-state index is 0.0632. The maximum Gasteiger partial charge on any atom is 0.250 e. The summed E-state index contributed by atoms with van der Waals surface area (Å²) in [4.78, 5) is 27.6. The molecule has 3 rings (SSSR count). The number of rotatable bonds is 1. The number of amides is 2. The van der Waals surface area contributed by atoms with Gasteiger partial charge >= 0.3 is 0 Å². The number of anilines is 1. The number of hydrogen-bond donors (Lipinski definition) is 0. The predicted molar refractivity (Wildman–Crippen MR) is 63.5 cm³/mol. The second kappa shape index (κ2) is 3.87. The van der Waals surface area contributed by atoms with Crippen molar-refractivity contribution in [2.75, 3.05) is 18.0 Å². The maximum atomic E-state index is 12.3. The molecule has 2 heterocycles. The molecule has 1 aromatic carbocycles. The summed E-state index contributed by atoms with van der Waals surface area (Å²) in [6.45, 7) is 0.914. The van der Waals surface area contributed by atoms with E-state index in [0.29, 0.717) is 0 Å². The quantitative estimate of drug-likeness (QED) is 0.722. The molecule has 1 aromatic rings. The first kappa shape index (κ1) is 10.3. The van der Waals surface area contributed by atoms with Crippen molar-refractivity contribution in [1.82, 2.24) is 4.90 Å². The normalized spacial score (nSPS) is 24.1. The fourth-order valence-electron chi connectivity index (χ4n) is 2.63. The Morgan fingerprint density at radius 1 is 1.12 bits per heavy atom. The average Bonchev–Trinajstić information content (AvgIpc) is 2.85. The fraction of sp³-hybridized carbons (Fsp3) is 0.385. The fourth-order valence-corrected chi connectivity index (χ4v) is 2.63. The van der Waals surface area contributed by atoms with E-state index in [1.807, 2.05) is 30.3 Å². The Bertz CT molecular complexity index is 458. The van der Waals surface area contributed by atoms with E-state index in [0.717, 1.165) is 25.1 Å². The van der Waals surface area contributed by atoms with Gasteiger partial charge in [-0.3, -0.25) is 9.59 Å². The third-order valence-electron chi connectivity index (χ3n) is 3.49. The largest absolute Gasteiger partial charge is 0.329 e. The molecule has 88 valence electrons. The van der Waals surface area contributed by atoms with Crippen LogP contribution in [0.25, 0.3) is 0 Å². The smallest absolute Gasteiger partial charge is 0.250 e. The first-order valence-electron chi connectivity index (χ1n) is 5.93. The van der Waals surface area contributed by atoms with Crippen molar-refractivity contribution in [3.05, 3.63) is 30.3 Å². The summed E-state index contributed by atoms with van der Waals surface area (Å²) in [6.07, 6.45) is 1.73. The number of para-hydroxylation sites is 1. The van der Waals surface area contributed by atoms with Crippen LogP contribution in [-0.2, 0) is 9.59 Å². The van der Waals surface area contributed by atoms with Crippen LogP contribution in [0.1, 0.15) is 12.8 Å². The lowest BCUT2D eigenvalue weighted by Gasteiger charge is -2.36. The molecule has 2 fully saturated rings. The van der Waals surface area contributed by atoms with E-state index in [-0.39, 0.29) is 24.4 Å². The Labute approximate surface area is 99.8 Å². The van der Waals surface area contributed by atoms with Gasteiger partial charge in [0.1, 0.15) is 12.6 Å². The maximum absolute atomic E-state index is 12.3. The lowest BCUT2D eigenvalue weighted by Crippen LogP contribution is -2.57. The summed E-state index contributed by atoms with van der Waals surface area (Å²) < 4.78 is 0. The highest BCUT2D eigenvalue weighted by Crippen LogP contribution is 2.26. The summed E-state index contributed by atoms with van der Waals surface area (Å²) in [5.74, 6) is 0.129. The summed E-state index contributed by atoms with van der Waals surface area (Å²) in [5.41, 5.74) is 0.817. The highest BCUT2D eigenvalue weighted by molar-refractivity contribution is 6.06. The molecular formula is C13H14N2O2. The molecule has 1 unspecified atom stereocenters. The molecule has 17 heavy (non-hydrogen) atoms. The third-order valence-corrected chi connectivity index (χ3v) is 3.49. The van der Waals surface area contributed by atoms with Gasteiger partial charge in [-0.05, 0) is 25.0 Å². The van der Waals surface area contributed by atoms with E-state index in [9.17, 15) is 9.59 Å². The molecule has 0 bridgehead atoms. The second-order valence-electron chi connectivity index (χ2n) is 4.51. The van der Waals surface area contributed by atoms with Gasteiger partial charge in [-0.2, -0.15) is 0 Å². The summed E-state index contributed by atoms with van der Waals surface area (Å²) in [6, 6.07) is 9.19. The average molecular weight is 230 g/mol. The van der Waals surface area contributed by atoms with E-state index >= 15 is 0 Å². The van der Waals surface area contributed by atoms with Gasteiger partial charge in [-0.25, -0.2) is 0 Å². The van der Waals surface area contributed by atoms with Crippen molar-refractivity contribution in [2.45, 2.75) is 18.9 Å². The number of hydrogen-bond acceptors (Lipinski definition) is 2. The first-order chi connectivity index (χ1) is 8.27. The first-order valence-corrected chi connectivity index (χ1v) is 5.93. The number of carbonyl (C=O) groups excluding carboxylic acids is 2. The zero-order chi connectivity index (χ0) is 11.8. The van der Waals surface area contributed by atoms with Crippen LogP contribution >= 0.6 is 0 Å². The Balaban J connectivity index is 1.92. The molecule has 0 radical (unpaired) electrons. The van der Waals surface area contributed by atoms with Crippen LogP contribution < -0.4 is 4.90 Å². The van der Waals surface area contributed by atoms with Gasteiger partial charge < -0.3 is 9.80 Å². The van der Waals surface area contributed by atoms with Gasteiger partial charge in [0.15, 0.2) is 0 Å². The Hall–Kier alpha value is -1.84. The number of benzene rings is 1. The van der Waals surface area contributed by atoms with Gasteiger partial charge in [-0.1, -0.05) is 18.2 Å². The van der Waals surface area contributed by atoms with Crippen molar-refractivity contribution >= 4 is 17.5 Å². The van der Waals surface area contributed by atoms with Crippen LogP contribution in [0.2, 0.25) is 0 Å². The Kier molecular flexibility index (Phi) is 2.35. The van der Waals surface area contributed by atoms with Gasteiger partial charge in [0.05, 0.1) is 0 Å². The molecule has 1 atom stereocenters. The van der Waals surface area contributed by atoms with Crippen LogP contribution in [0.4, 0.5) is 5.69 Å². The number of nitrogens with zero attached hydrogens (tertiary/aromatic N) is 2. The monoisotopic (exact) mass is 230 g/mol. The van der Waals surface area contributed by atoms with Crippen molar-refractivity contribution in [2.24, 2.45) is 0 Å². The standard InChI is InChI=1S/C13H14N2O2/c16-12-9-15(10-5-2-1-3-6-10)13(17)11-7-4-8-14(11)12/h1-3,5-6,11H,4,7-9H2. The molecular weight excluding hydrogens is 216 g/mol. The lowest BCUT2D eigenvalue weighted by molar-refractivity contribution is -0.140. The summed E-state index contributed by atoms with van der Waals surface area (Å²) in [5, 5.41) is 0. The number of piperazine rings is 1. The zero-order valence-corrected chi connectivity index (χ0v) is 9.50. The highest BCUT2D eigenvalue weighted by atomic mass is 16.2. The highest BCUT2D eigenvalue weighted by Gasteiger charge is 2.42. The minimum Gasteiger partial charge on any atom is -0.329 e. The Morgan fingerprint density at radius 3 is 2.65 bits per heavy atom. The molecule has 0 aliphatic carbocycles. The predicted octanol–water partition coefficient (Wildman–Crippen LogP) is 1.02. The van der Waals surface area contributed by atoms with E-state index in [1.165, 1.54) is 0 Å². The van der Waals surface area contributed by atoms with Gasteiger partial charge in [0.25, 0.3) is 0 Å². The molecule has 2 aliphatic heterocycles. The molecule has 2 saturated heterocycles. The van der Waals surface area contributed by atoms with Gasteiger partial charge in [0, 0.05) is 12.2 Å². The molecule has 0 saturated carbocycles. The van der Waals surface area contributed by atoms with Crippen molar-refractivity contribution in [3.8, 4) is 0 Å². The van der Waals surface area contributed by atoms with E-state index in [2.05, 4.69) is 0 Å². The number of fused-ring (bicyclic) bond motifs is 1.